The smallest absolute Gasteiger partial charge is 0.252 e. The predicted octanol–water partition coefficient (Wildman–Crippen LogP) is 2.05. The lowest BCUT2D eigenvalue weighted by Gasteiger charge is -2.14. The first-order valence-electron chi connectivity index (χ1n) is 8.23. The Balaban J connectivity index is 1.60. The van der Waals surface area contributed by atoms with Crippen molar-refractivity contribution in [3.63, 3.8) is 0 Å². The molecule has 3 aromatic heterocycles. The molecule has 0 fully saturated rings. The summed E-state index contributed by atoms with van der Waals surface area (Å²) in [6.07, 6.45) is 10.7. The summed E-state index contributed by atoms with van der Waals surface area (Å²) >= 11 is 0. The summed E-state index contributed by atoms with van der Waals surface area (Å²) in [6.45, 7) is 5.48. The van der Waals surface area contributed by atoms with Crippen LogP contribution in [-0.4, -0.2) is 36.8 Å². The molecule has 0 aliphatic carbocycles. The monoisotopic (exact) mass is 338 g/mol. The largest absolute Gasteiger partial charge is 0.352 e. The molecule has 1 atom stereocenters. The fourth-order valence-electron chi connectivity index (χ4n) is 2.66. The van der Waals surface area contributed by atoms with Crippen molar-refractivity contribution in [1.29, 1.82) is 0 Å². The molecule has 7 heteroatoms. The summed E-state index contributed by atoms with van der Waals surface area (Å²) in [5, 5.41) is 7.13. The van der Waals surface area contributed by atoms with E-state index < -0.39 is 0 Å². The van der Waals surface area contributed by atoms with E-state index in [2.05, 4.69) is 31.9 Å². The van der Waals surface area contributed by atoms with Crippen LogP contribution in [0, 0.1) is 12.8 Å². The summed E-state index contributed by atoms with van der Waals surface area (Å²) in [5.74, 6) is 1.16. The average molecular weight is 338 g/mol. The highest BCUT2D eigenvalue weighted by Crippen LogP contribution is 2.18. The summed E-state index contributed by atoms with van der Waals surface area (Å²) in [5.41, 5.74) is 2.36. The number of aromatic nitrogens is 5. The zero-order valence-electron chi connectivity index (χ0n) is 14.7. The Hall–Kier alpha value is -2.96. The first-order valence-corrected chi connectivity index (χ1v) is 8.23. The van der Waals surface area contributed by atoms with Gasteiger partial charge in [0, 0.05) is 62.2 Å². The van der Waals surface area contributed by atoms with Gasteiger partial charge in [-0.1, -0.05) is 6.92 Å². The second kappa shape index (κ2) is 7.29. The number of nitrogens with zero attached hydrogens (tertiary/aromatic N) is 5. The zero-order valence-corrected chi connectivity index (χ0v) is 14.7. The Kier molecular flexibility index (Phi) is 4.92. The van der Waals surface area contributed by atoms with Gasteiger partial charge in [-0.2, -0.15) is 5.10 Å². The Labute approximate surface area is 146 Å². The fraction of sp³-hybridized carbons (Fsp3) is 0.333. The molecule has 0 aliphatic heterocycles. The zero-order chi connectivity index (χ0) is 17.8. The summed E-state index contributed by atoms with van der Waals surface area (Å²) in [7, 11) is 1.86. The molecule has 0 radical (unpaired) electrons. The van der Waals surface area contributed by atoms with E-state index in [9.17, 15) is 4.79 Å². The number of imidazole rings is 1. The molecule has 0 bridgehead atoms. The SMILES string of the molecule is Cc1nccn1C[C@H](C)CNC(=O)c1cncc(-c2cnn(C)c2)c1. The molecule has 3 heterocycles. The minimum absolute atomic E-state index is 0.118. The highest BCUT2D eigenvalue weighted by atomic mass is 16.1. The Morgan fingerprint density at radius 1 is 1.28 bits per heavy atom. The van der Waals surface area contributed by atoms with Gasteiger partial charge in [-0.3, -0.25) is 14.5 Å². The van der Waals surface area contributed by atoms with E-state index in [1.54, 1.807) is 29.5 Å². The molecule has 7 nitrogen and oxygen atoms in total. The molecule has 1 amide bonds. The Bertz CT molecular complexity index is 866. The highest BCUT2D eigenvalue weighted by Gasteiger charge is 2.11. The number of hydrogen-bond acceptors (Lipinski definition) is 4. The van der Waals surface area contributed by atoms with Crippen LogP contribution in [0.25, 0.3) is 11.1 Å². The number of nitrogens with one attached hydrogen (secondary N) is 1. The maximum absolute atomic E-state index is 12.4. The van der Waals surface area contributed by atoms with Gasteiger partial charge in [-0.15, -0.1) is 0 Å². The molecular weight excluding hydrogens is 316 g/mol. The summed E-state index contributed by atoms with van der Waals surface area (Å²) < 4.78 is 3.81. The fourth-order valence-corrected chi connectivity index (χ4v) is 2.66. The van der Waals surface area contributed by atoms with Crippen molar-refractivity contribution < 1.29 is 4.79 Å². The van der Waals surface area contributed by atoms with Crippen LogP contribution in [0.2, 0.25) is 0 Å². The van der Waals surface area contributed by atoms with Gasteiger partial charge in [0.15, 0.2) is 0 Å². The van der Waals surface area contributed by atoms with Crippen LogP contribution >= 0.6 is 0 Å². The highest BCUT2D eigenvalue weighted by molar-refractivity contribution is 5.95. The first kappa shape index (κ1) is 16.9. The van der Waals surface area contributed by atoms with Crippen molar-refractivity contribution >= 4 is 5.91 Å². The average Bonchev–Trinajstić information content (AvgIpc) is 3.21. The Morgan fingerprint density at radius 2 is 2.12 bits per heavy atom. The van der Waals surface area contributed by atoms with Crippen molar-refractivity contribution in [3.8, 4) is 11.1 Å². The second-order valence-electron chi connectivity index (χ2n) is 6.31. The van der Waals surface area contributed by atoms with Crippen LogP contribution in [0.4, 0.5) is 0 Å². The van der Waals surface area contributed by atoms with Crippen LogP contribution in [0.1, 0.15) is 23.1 Å². The van der Waals surface area contributed by atoms with Gasteiger partial charge in [0.1, 0.15) is 5.82 Å². The molecule has 1 N–H and O–H groups in total. The lowest BCUT2D eigenvalue weighted by atomic mass is 10.1. The number of amides is 1. The molecule has 25 heavy (non-hydrogen) atoms. The minimum Gasteiger partial charge on any atom is -0.352 e. The number of aryl methyl sites for hydroxylation is 2. The van der Waals surface area contributed by atoms with E-state index in [-0.39, 0.29) is 5.91 Å². The third-order valence-corrected chi connectivity index (χ3v) is 4.08. The van der Waals surface area contributed by atoms with E-state index in [1.807, 2.05) is 32.4 Å². The molecule has 0 saturated heterocycles. The van der Waals surface area contributed by atoms with Gasteiger partial charge in [-0.25, -0.2) is 4.98 Å². The van der Waals surface area contributed by atoms with Crippen molar-refractivity contribution in [1.82, 2.24) is 29.6 Å². The van der Waals surface area contributed by atoms with Crippen LogP contribution in [0.3, 0.4) is 0 Å². The Morgan fingerprint density at radius 3 is 2.80 bits per heavy atom. The molecule has 0 unspecified atom stereocenters. The van der Waals surface area contributed by atoms with Crippen molar-refractivity contribution in [2.75, 3.05) is 6.54 Å². The molecular formula is C18H22N6O. The standard InChI is InChI=1S/C18H22N6O/c1-13(11-24-5-4-20-14(24)2)7-21-18(25)16-6-15(8-19-9-16)17-10-22-23(3)12-17/h4-6,8-10,12-13H,7,11H2,1-3H3,(H,21,25)/t13-/m1/s1. The topological polar surface area (TPSA) is 77.6 Å². The van der Waals surface area contributed by atoms with Crippen LogP contribution in [-0.2, 0) is 13.6 Å². The normalized spacial score (nSPS) is 12.1. The van der Waals surface area contributed by atoms with Crippen LogP contribution in [0.5, 0.6) is 0 Å². The van der Waals surface area contributed by atoms with Crippen molar-refractivity contribution in [2.45, 2.75) is 20.4 Å². The van der Waals surface area contributed by atoms with Crippen LogP contribution < -0.4 is 5.32 Å². The summed E-state index contributed by atoms with van der Waals surface area (Å²) in [6, 6.07) is 1.84. The first-order chi connectivity index (χ1) is 12.0. The lowest BCUT2D eigenvalue weighted by Crippen LogP contribution is -2.30. The molecule has 3 rings (SSSR count). The second-order valence-corrected chi connectivity index (χ2v) is 6.31. The third-order valence-electron chi connectivity index (χ3n) is 4.08. The van der Waals surface area contributed by atoms with Gasteiger partial charge in [0.05, 0.1) is 11.8 Å². The van der Waals surface area contributed by atoms with Gasteiger partial charge in [-0.05, 0) is 18.9 Å². The maximum Gasteiger partial charge on any atom is 0.252 e. The summed E-state index contributed by atoms with van der Waals surface area (Å²) in [4.78, 5) is 20.8. The van der Waals surface area contributed by atoms with Gasteiger partial charge < -0.3 is 9.88 Å². The predicted molar refractivity (Wildman–Crippen MR) is 94.9 cm³/mol. The van der Waals surface area contributed by atoms with E-state index in [4.69, 9.17) is 0 Å². The third kappa shape index (κ3) is 4.12. The van der Waals surface area contributed by atoms with Crippen LogP contribution in [0.15, 0.2) is 43.2 Å². The molecule has 3 aromatic rings. The van der Waals surface area contributed by atoms with E-state index in [0.29, 0.717) is 18.0 Å². The van der Waals surface area contributed by atoms with Gasteiger partial charge in [0.25, 0.3) is 5.91 Å². The number of hydrogen-bond donors (Lipinski definition) is 1. The van der Waals surface area contributed by atoms with E-state index in [1.165, 1.54) is 0 Å². The molecule has 0 aliphatic rings. The van der Waals surface area contributed by atoms with E-state index in [0.717, 1.165) is 23.5 Å². The molecule has 0 saturated carbocycles. The number of carbonyl (C=O) groups is 1. The maximum atomic E-state index is 12.4. The quantitative estimate of drug-likeness (QED) is 0.746. The van der Waals surface area contributed by atoms with E-state index >= 15 is 0 Å². The van der Waals surface area contributed by atoms with Gasteiger partial charge in [0.2, 0.25) is 0 Å². The lowest BCUT2D eigenvalue weighted by molar-refractivity contribution is 0.0946. The number of carbonyl (C=O) groups excluding carboxylic acids is 1. The van der Waals surface area contributed by atoms with Crippen molar-refractivity contribution in [3.05, 3.63) is 54.6 Å². The minimum atomic E-state index is -0.118. The van der Waals surface area contributed by atoms with Crippen molar-refractivity contribution in [2.24, 2.45) is 13.0 Å². The van der Waals surface area contributed by atoms with Gasteiger partial charge >= 0.3 is 0 Å². The molecule has 0 aromatic carbocycles. The molecule has 130 valence electrons. The number of rotatable bonds is 6. The molecule has 0 spiro atoms. The number of pyridine rings is 1.